The lowest BCUT2D eigenvalue weighted by molar-refractivity contribution is -0.153. The molecule has 1 N–H and O–H groups in total. The smallest absolute Gasteiger partial charge is 0.411 e. The van der Waals surface area contributed by atoms with Crippen LogP contribution in [0.2, 0.25) is 0 Å². The summed E-state index contributed by atoms with van der Waals surface area (Å²) in [5, 5.41) is 9.85. The maximum atomic E-state index is 12.6. The van der Waals surface area contributed by atoms with Crippen molar-refractivity contribution in [3.05, 3.63) is 84.4 Å². The van der Waals surface area contributed by atoms with Gasteiger partial charge in [-0.15, -0.1) is 6.58 Å². The van der Waals surface area contributed by atoms with Crippen LogP contribution in [0.25, 0.3) is 0 Å². The molecule has 1 amide bonds. The van der Waals surface area contributed by atoms with Crippen molar-refractivity contribution in [1.29, 1.82) is 0 Å². The molecule has 2 aromatic carbocycles. The Morgan fingerprint density at radius 2 is 1.75 bits per heavy atom. The Balaban J connectivity index is 2.17. The molecular weight excluding hydrogens is 306 g/mol. The van der Waals surface area contributed by atoms with Gasteiger partial charge in [-0.3, -0.25) is 0 Å². The molecule has 1 aliphatic rings. The van der Waals surface area contributed by atoms with Gasteiger partial charge in [0.2, 0.25) is 5.72 Å². The third-order valence-corrected chi connectivity index (χ3v) is 4.11. The maximum Gasteiger partial charge on any atom is 0.411 e. The SMILES string of the molecule is C=CCC1(c2ccccc2)OC(=O)C(c2ccccc2)N1C(=O)O. The summed E-state index contributed by atoms with van der Waals surface area (Å²) < 4.78 is 5.65. The molecule has 1 fully saturated rings. The maximum absolute atomic E-state index is 12.6. The van der Waals surface area contributed by atoms with E-state index in [-0.39, 0.29) is 6.42 Å². The van der Waals surface area contributed by atoms with E-state index in [0.29, 0.717) is 11.1 Å². The van der Waals surface area contributed by atoms with E-state index in [1.54, 1.807) is 54.6 Å². The zero-order valence-corrected chi connectivity index (χ0v) is 13.0. The quantitative estimate of drug-likeness (QED) is 0.688. The first-order valence-electron chi connectivity index (χ1n) is 7.56. The third kappa shape index (κ3) is 2.44. The monoisotopic (exact) mass is 323 g/mol. The molecule has 122 valence electrons. The zero-order chi connectivity index (χ0) is 17.2. The van der Waals surface area contributed by atoms with E-state index < -0.39 is 23.8 Å². The van der Waals surface area contributed by atoms with Crippen LogP contribution in [-0.4, -0.2) is 22.1 Å². The van der Waals surface area contributed by atoms with Crippen LogP contribution in [0.5, 0.6) is 0 Å². The summed E-state index contributed by atoms with van der Waals surface area (Å²) in [6, 6.07) is 16.6. The number of hydrogen-bond acceptors (Lipinski definition) is 3. The number of nitrogens with zero attached hydrogens (tertiary/aromatic N) is 1. The summed E-state index contributed by atoms with van der Waals surface area (Å²) >= 11 is 0. The molecule has 1 heterocycles. The third-order valence-electron chi connectivity index (χ3n) is 4.11. The number of carbonyl (C=O) groups is 2. The molecule has 2 unspecified atom stereocenters. The van der Waals surface area contributed by atoms with E-state index >= 15 is 0 Å². The molecule has 0 radical (unpaired) electrons. The first-order valence-corrected chi connectivity index (χ1v) is 7.56. The van der Waals surface area contributed by atoms with Crippen LogP contribution in [0, 0.1) is 0 Å². The van der Waals surface area contributed by atoms with E-state index in [0.717, 1.165) is 4.90 Å². The van der Waals surface area contributed by atoms with Crippen LogP contribution in [0.1, 0.15) is 23.6 Å². The summed E-state index contributed by atoms with van der Waals surface area (Å²) in [6.07, 6.45) is 0.502. The second kappa shape index (κ2) is 6.20. The van der Waals surface area contributed by atoms with Gasteiger partial charge in [-0.1, -0.05) is 66.7 Å². The van der Waals surface area contributed by atoms with Gasteiger partial charge in [0.15, 0.2) is 6.04 Å². The fourth-order valence-electron chi connectivity index (χ4n) is 3.12. The molecule has 0 saturated carbocycles. The Morgan fingerprint density at radius 3 is 2.29 bits per heavy atom. The largest absolute Gasteiger partial charge is 0.465 e. The van der Waals surface area contributed by atoms with Crippen molar-refractivity contribution in [2.45, 2.75) is 18.2 Å². The minimum atomic E-state index is -1.41. The van der Waals surface area contributed by atoms with Gasteiger partial charge in [-0.2, -0.15) is 0 Å². The lowest BCUT2D eigenvalue weighted by Gasteiger charge is -2.35. The number of amides is 1. The lowest BCUT2D eigenvalue weighted by atomic mass is 9.96. The molecule has 5 heteroatoms. The second-order valence-corrected chi connectivity index (χ2v) is 5.53. The van der Waals surface area contributed by atoms with E-state index in [2.05, 4.69) is 6.58 Å². The van der Waals surface area contributed by atoms with E-state index in [1.165, 1.54) is 0 Å². The van der Waals surface area contributed by atoms with Crippen molar-refractivity contribution in [2.24, 2.45) is 0 Å². The van der Waals surface area contributed by atoms with Crippen molar-refractivity contribution >= 4 is 12.1 Å². The summed E-state index contributed by atoms with van der Waals surface area (Å²) in [5.41, 5.74) is -0.238. The highest BCUT2D eigenvalue weighted by Crippen LogP contribution is 2.46. The summed E-state index contributed by atoms with van der Waals surface area (Å²) in [6.45, 7) is 3.70. The van der Waals surface area contributed by atoms with Crippen LogP contribution in [0.3, 0.4) is 0 Å². The number of benzene rings is 2. The highest BCUT2D eigenvalue weighted by Gasteiger charge is 2.57. The molecule has 3 rings (SSSR count). The number of cyclic esters (lactones) is 1. The minimum absolute atomic E-state index is 0.165. The normalized spacial score (nSPS) is 22.9. The van der Waals surface area contributed by atoms with Crippen LogP contribution >= 0.6 is 0 Å². The molecular formula is C19H17NO4. The second-order valence-electron chi connectivity index (χ2n) is 5.53. The zero-order valence-electron chi connectivity index (χ0n) is 13.0. The predicted molar refractivity (Wildman–Crippen MR) is 88.1 cm³/mol. The van der Waals surface area contributed by atoms with Crippen molar-refractivity contribution in [3.8, 4) is 0 Å². The first-order chi connectivity index (χ1) is 11.6. The molecule has 0 aliphatic carbocycles. The number of carbonyl (C=O) groups excluding carboxylic acids is 1. The van der Waals surface area contributed by atoms with Gasteiger partial charge in [0.25, 0.3) is 0 Å². The van der Waals surface area contributed by atoms with Crippen LogP contribution in [-0.2, 0) is 15.3 Å². The molecule has 0 aromatic heterocycles. The van der Waals surface area contributed by atoms with Gasteiger partial charge < -0.3 is 9.84 Å². The molecule has 24 heavy (non-hydrogen) atoms. The topological polar surface area (TPSA) is 66.8 Å². The van der Waals surface area contributed by atoms with Gasteiger partial charge >= 0.3 is 12.1 Å². The van der Waals surface area contributed by atoms with Crippen LogP contribution in [0.15, 0.2) is 73.3 Å². The highest BCUT2D eigenvalue weighted by atomic mass is 16.6. The Morgan fingerprint density at radius 1 is 1.17 bits per heavy atom. The van der Waals surface area contributed by atoms with Gasteiger partial charge in [-0.25, -0.2) is 14.5 Å². The van der Waals surface area contributed by atoms with Gasteiger partial charge in [0, 0.05) is 12.0 Å². The van der Waals surface area contributed by atoms with Crippen molar-refractivity contribution in [2.75, 3.05) is 0 Å². The molecule has 0 spiro atoms. The molecule has 1 aliphatic heterocycles. The molecule has 2 atom stereocenters. The van der Waals surface area contributed by atoms with Crippen molar-refractivity contribution < 1.29 is 19.4 Å². The average Bonchev–Trinajstić information content (AvgIpc) is 2.90. The first kappa shape index (κ1) is 15.8. The number of carboxylic acid groups (broad SMARTS) is 1. The minimum Gasteiger partial charge on any atom is -0.465 e. The molecule has 2 aromatic rings. The molecule has 1 saturated heterocycles. The Hall–Kier alpha value is -3.08. The fraction of sp³-hybridized carbons (Fsp3) is 0.158. The van der Waals surface area contributed by atoms with Crippen LogP contribution < -0.4 is 0 Å². The summed E-state index contributed by atoms with van der Waals surface area (Å²) in [7, 11) is 0. The number of hydrogen-bond donors (Lipinski definition) is 1. The lowest BCUT2D eigenvalue weighted by Crippen LogP contribution is -2.46. The van der Waals surface area contributed by atoms with E-state index in [4.69, 9.17) is 4.74 Å². The van der Waals surface area contributed by atoms with Crippen molar-refractivity contribution in [3.63, 3.8) is 0 Å². The number of rotatable bonds is 4. The van der Waals surface area contributed by atoms with E-state index in [9.17, 15) is 14.7 Å². The van der Waals surface area contributed by atoms with E-state index in [1.807, 2.05) is 12.1 Å². The van der Waals surface area contributed by atoms with Gasteiger partial charge in [0.1, 0.15) is 0 Å². The Kier molecular flexibility index (Phi) is 4.08. The standard InChI is InChI=1S/C19H17NO4/c1-2-13-19(15-11-7-4-8-12-15)20(18(22)23)16(17(21)24-19)14-9-5-3-6-10-14/h2-12,16H,1,13H2,(H,22,23). The Bertz CT molecular complexity index is 759. The van der Waals surface area contributed by atoms with Gasteiger partial charge in [0.05, 0.1) is 0 Å². The fourth-order valence-corrected chi connectivity index (χ4v) is 3.12. The summed E-state index contributed by atoms with van der Waals surface area (Å²) in [5.74, 6) is -0.589. The number of esters is 1. The molecule has 5 nitrogen and oxygen atoms in total. The predicted octanol–water partition coefficient (Wildman–Crippen LogP) is 3.69. The average molecular weight is 323 g/mol. The number of ether oxygens (including phenoxy) is 1. The molecule has 0 bridgehead atoms. The van der Waals surface area contributed by atoms with Crippen molar-refractivity contribution in [1.82, 2.24) is 4.90 Å². The summed E-state index contributed by atoms with van der Waals surface area (Å²) in [4.78, 5) is 25.7. The van der Waals surface area contributed by atoms with Crippen LogP contribution in [0.4, 0.5) is 4.79 Å². The highest BCUT2D eigenvalue weighted by molar-refractivity contribution is 5.86. The Labute approximate surface area is 139 Å². The van der Waals surface area contributed by atoms with Gasteiger partial charge in [-0.05, 0) is 5.56 Å².